The van der Waals surface area contributed by atoms with Gasteiger partial charge in [-0.1, -0.05) is 141 Å². The van der Waals surface area contributed by atoms with E-state index in [0.717, 1.165) is 51.4 Å². The molecule has 5 heteroatoms. The van der Waals surface area contributed by atoms with Crippen molar-refractivity contribution in [2.45, 2.75) is 213 Å². The van der Waals surface area contributed by atoms with Crippen LogP contribution in [0.5, 0.6) is 0 Å². The van der Waals surface area contributed by atoms with Crippen molar-refractivity contribution in [3.63, 3.8) is 0 Å². The number of likely N-dealkylation sites (N-methyl/N-ethyl adjacent to an activating group) is 1. The second-order valence-corrected chi connectivity index (χ2v) is 14.5. The van der Waals surface area contributed by atoms with Gasteiger partial charge in [0.05, 0.1) is 5.92 Å². The molecule has 1 atom stereocenters. The summed E-state index contributed by atoms with van der Waals surface area (Å²) in [4.78, 5) is 39.9. The van der Waals surface area contributed by atoms with E-state index in [4.69, 9.17) is 0 Å². The lowest BCUT2D eigenvalue weighted by atomic mass is 9.86. The zero-order chi connectivity index (χ0) is 35.5. The molecule has 0 fully saturated rings. The number of carbonyl (C=O) groups excluding carboxylic acids is 2. The highest BCUT2D eigenvalue weighted by atomic mass is 16.4. The fourth-order valence-corrected chi connectivity index (χ4v) is 6.52. The van der Waals surface area contributed by atoms with E-state index in [0.29, 0.717) is 25.7 Å². The van der Waals surface area contributed by atoms with Gasteiger partial charge in [-0.15, -0.1) is 0 Å². The number of carboxylic acids is 1. The second-order valence-electron chi connectivity index (χ2n) is 14.5. The van der Waals surface area contributed by atoms with E-state index in [1.54, 1.807) is 19.0 Å². The van der Waals surface area contributed by atoms with Gasteiger partial charge in [-0.25, -0.2) is 0 Å². The number of unbranched alkanes of at least 4 members (excludes halogenated alkanes) is 22. The molecule has 0 radical (unpaired) electrons. The van der Waals surface area contributed by atoms with Crippen LogP contribution in [0.1, 0.15) is 206 Å². The van der Waals surface area contributed by atoms with Gasteiger partial charge in [0, 0.05) is 12.8 Å². The lowest BCUT2D eigenvalue weighted by Gasteiger charge is -2.22. The second kappa shape index (κ2) is 35.1. The molecule has 48 heavy (non-hydrogen) atoms. The van der Waals surface area contributed by atoms with E-state index < -0.39 is 17.9 Å². The van der Waals surface area contributed by atoms with E-state index in [9.17, 15) is 19.5 Å². The van der Waals surface area contributed by atoms with Gasteiger partial charge in [-0.3, -0.25) is 19.3 Å². The summed E-state index contributed by atoms with van der Waals surface area (Å²) >= 11 is 0. The molecule has 0 saturated heterocycles. The summed E-state index contributed by atoms with van der Waals surface area (Å²) in [7, 11) is 3.49. The highest BCUT2D eigenvalue weighted by Crippen LogP contribution is 2.21. The number of ketones is 2. The molecule has 1 N–H and O–H groups in total. The Labute approximate surface area is 298 Å². The average Bonchev–Trinajstić information content (AvgIpc) is 3.06. The molecule has 0 rings (SSSR count). The number of carbonyl (C=O) groups is 3. The lowest BCUT2D eigenvalue weighted by molar-refractivity contribution is -0.143. The molecular formula is C43H79NO4. The molecule has 0 aliphatic carbocycles. The first kappa shape index (κ1) is 46.2. The van der Waals surface area contributed by atoms with Crippen molar-refractivity contribution in [1.82, 2.24) is 4.90 Å². The number of rotatable bonds is 37. The zero-order valence-electron chi connectivity index (χ0n) is 32.3. The van der Waals surface area contributed by atoms with Gasteiger partial charge in [0.2, 0.25) is 0 Å². The fraction of sp³-hybridized carbons (Fsp3) is 0.837. The summed E-state index contributed by atoms with van der Waals surface area (Å²) in [5.74, 6) is -1.50. The average molecular weight is 674 g/mol. The number of allylic oxidation sites excluding steroid dienone is 4. The zero-order valence-corrected chi connectivity index (χ0v) is 32.3. The molecule has 0 aliphatic rings. The molecule has 280 valence electrons. The van der Waals surface area contributed by atoms with Crippen LogP contribution in [-0.4, -0.2) is 47.7 Å². The Morgan fingerprint density at radius 2 is 0.792 bits per heavy atom. The first-order valence-corrected chi connectivity index (χ1v) is 20.6. The minimum Gasteiger partial charge on any atom is -0.480 e. The smallest absolute Gasteiger partial charge is 0.320 e. The van der Waals surface area contributed by atoms with Gasteiger partial charge in [0.25, 0.3) is 0 Å². The van der Waals surface area contributed by atoms with E-state index in [1.807, 2.05) is 0 Å². The van der Waals surface area contributed by atoms with Crippen molar-refractivity contribution in [1.29, 1.82) is 0 Å². The van der Waals surface area contributed by atoms with Gasteiger partial charge in [0.15, 0.2) is 0 Å². The number of Topliss-reactive ketones (excluding diaryl/α,β-unsaturated/α-hetero) is 2. The standard InChI is InChI=1S/C43H79NO4/c1-5-7-9-11-13-15-17-19-21-23-25-27-29-31-33-35-41(45)39(37-38-40(43(47)48)44(3)4)42(46)36-34-32-30-28-26-24-22-20-18-16-14-12-10-8-6-2/h19-22,39-40H,5-18,23-38H2,1-4H3,(H,47,48)/b21-19-,22-20-. The van der Waals surface area contributed by atoms with Crippen LogP contribution < -0.4 is 0 Å². The van der Waals surface area contributed by atoms with E-state index in [2.05, 4.69) is 38.2 Å². The maximum Gasteiger partial charge on any atom is 0.320 e. The number of nitrogens with zero attached hydrogens (tertiary/aromatic N) is 1. The number of hydrogen-bond acceptors (Lipinski definition) is 4. The molecule has 0 aromatic rings. The monoisotopic (exact) mass is 674 g/mol. The van der Waals surface area contributed by atoms with E-state index in [-0.39, 0.29) is 11.6 Å². The van der Waals surface area contributed by atoms with Crippen molar-refractivity contribution in [2.24, 2.45) is 5.92 Å². The lowest BCUT2D eigenvalue weighted by Crippen LogP contribution is -2.37. The minimum absolute atomic E-state index is 0.0215. The van der Waals surface area contributed by atoms with Gasteiger partial charge in [-0.2, -0.15) is 0 Å². The molecule has 0 saturated carbocycles. The van der Waals surface area contributed by atoms with Crippen molar-refractivity contribution in [3.05, 3.63) is 24.3 Å². The third-order valence-electron chi connectivity index (χ3n) is 9.78. The molecule has 0 spiro atoms. The molecule has 5 nitrogen and oxygen atoms in total. The maximum absolute atomic E-state index is 13.2. The molecule has 0 aromatic heterocycles. The molecule has 0 aromatic carbocycles. The first-order chi connectivity index (χ1) is 23.3. The van der Waals surface area contributed by atoms with Crippen LogP contribution in [0.3, 0.4) is 0 Å². The van der Waals surface area contributed by atoms with Gasteiger partial charge < -0.3 is 5.11 Å². The molecule has 0 amide bonds. The Hall–Kier alpha value is -1.75. The largest absolute Gasteiger partial charge is 0.480 e. The minimum atomic E-state index is -0.895. The predicted molar refractivity (Wildman–Crippen MR) is 207 cm³/mol. The topological polar surface area (TPSA) is 74.7 Å². The first-order valence-electron chi connectivity index (χ1n) is 20.6. The van der Waals surface area contributed by atoms with Crippen LogP contribution in [0.25, 0.3) is 0 Å². The van der Waals surface area contributed by atoms with Crippen molar-refractivity contribution in [2.75, 3.05) is 14.1 Å². The SMILES string of the molecule is CCCCCCCC/C=C\CCCCCCCC(=O)C(CCC(C(=O)O)N(C)C)C(=O)CCCCCCC/C=C\CCCCCCCC. The highest BCUT2D eigenvalue weighted by molar-refractivity contribution is 6.02. The Kier molecular flexibility index (Phi) is 33.8. The molecule has 0 aliphatic heterocycles. The molecule has 0 bridgehead atoms. The Balaban J connectivity index is 4.31. The third-order valence-corrected chi connectivity index (χ3v) is 9.78. The summed E-state index contributed by atoms with van der Waals surface area (Å²) in [6, 6.07) is -0.673. The van der Waals surface area contributed by atoms with E-state index in [1.165, 1.54) is 116 Å². The number of aliphatic carboxylic acids is 1. The summed E-state index contributed by atoms with van der Waals surface area (Å²) in [5.41, 5.74) is 0. The Morgan fingerprint density at radius 3 is 1.10 bits per heavy atom. The summed E-state index contributed by atoms with van der Waals surface area (Å²) in [6.07, 6.45) is 42.4. The quantitative estimate of drug-likeness (QED) is 0.0403. The fourth-order valence-electron chi connectivity index (χ4n) is 6.52. The van der Waals surface area contributed by atoms with E-state index >= 15 is 0 Å². The highest BCUT2D eigenvalue weighted by Gasteiger charge is 2.28. The van der Waals surface area contributed by atoms with Gasteiger partial charge >= 0.3 is 5.97 Å². The summed E-state index contributed by atoms with van der Waals surface area (Å²) in [6.45, 7) is 4.52. The van der Waals surface area contributed by atoms with Gasteiger partial charge in [-0.05, 0) is 91.1 Å². The third kappa shape index (κ3) is 29.2. The van der Waals surface area contributed by atoms with Crippen LogP contribution in [-0.2, 0) is 14.4 Å². The number of hydrogen-bond donors (Lipinski definition) is 1. The van der Waals surface area contributed by atoms with Crippen LogP contribution in [0.15, 0.2) is 24.3 Å². The number of carboxylic acid groups (broad SMARTS) is 1. The van der Waals surface area contributed by atoms with Crippen LogP contribution in [0, 0.1) is 5.92 Å². The van der Waals surface area contributed by atoms with Gasteiger partial charge in [0.1, 0.15) is 17.6 Å². The Bertz CT molecular complexity index is 766. The van der Waals surface area contributed by atoms with Crippen LogP contribution >= 0.6 is 0 Å². The normalized spacial score (nSPS) is 12.6. The summed E-state index contributed by atoms with van der Waals surface area (Å²) < 4.78 is 0. The van der Waals surface area contributed by atoms with Crippen molar-refractivity contribution in [3.8, 4) is 0 Å². The molecule has 0 heterocycles. The van der Waals surface area contributed by atoms with Crippen molar-refractivity contribution >= 4 is 17.5 Å². The Morgan fingerprint density at radius 1 is 0.479 bits per heavy atom. The summed E-state index contributed by atoms with van der Waals surface area (Å²) in [5, 5.41) is 9.62. The molecular weight excluding hydrogens is 594 g/mol. The predicted octanol–water partition coefficient (Wildman–Crippen LogP) is 12.6. The maximum atomic E-state index is 13.2. The van der Waals surface area contributed by atoms with Crippen molar-refractivity contribution < 1.29 is 19.5 Å². The van der Waals surface area contributed by atoms with Crippen LogP contribution in [0.2, 0.25) is 0 Å². The van der Waals surface area contributed by atoms with Crippen LogP contribution in [0.4, 0.5) is 0 Å². The molecule has 1 unspecified atom stereocenters.